The van der Waals surface area contributed by atoms with Crippen LogP contribution in [0.4, 0.5) is 4.39 Å². The largest absolute Gasteiger partial charge is 0.369 e. The molecule has 2 N–H and O–H groups in total. The molecule has 1 aliphatic heterocycles. The number of rotatable bonds is 3. The van der Waals surface area contributed by atoms with Crippen molar-refractivity contribution in [2.24, 2.45) is 11.7 Å². The van der Waals surface area contributed by atoms with Gasteiger partial charge in [0.1, 0.15) is 11.3 Å². The van der Waals surface area contributed by atoms with Crippen LogP contribution in [0.2, 0.25) is 0 Å². The zero-order chi connectivity index (χ0) is 16.6. The Labute approximate surface area is 133 Å². The molecule has 8 heteroatoms. The van der Waals surface area contributed by atoms with E-state index in [-0.39, 0.29) is 22.3 Å². The summed E-state index contributed by atoms with van der Waals surface area (Å²) in [6.45, 7) is 0.363. The monoisotopic (exact) mass is 337 g/mol. The van der Waals surface area contributed by atoms with Gasteiger partial charge < -0.3 is 5.73 Å². The molecule has 1 fully saturated rings. The molecule has 23 heavy (non-hydrogen) atoms. The van der Waals surface area contributed by atoms with E-state index in [0.29, 0.717) is 19.4 Å². The van der Waals surface area contributed by atoms with Crippen molar-refractivity contribution < 1.29 is 17.6 Å². The van der Waals surface area contributed by atoms with Crippen molar-refractivity contribution in [2.45, 2.75) is 17.7 Å². The molecule has 0 radical (unpaired) electrons. The third-order valence-corrected chi connectivity index (χ3v) is 6.01. The van der Waals surface area contributed by atoms with Gasteiger partial charge in [-0.05, 0) is 37.1 Å². The van der Waals surface area contributed by atoms with Crippen molar-refractivity contribution in [1.29, 1.82) is 0 Å². The predicted octanol–water partition coefficient (Wildman–Crippen LogP) is 1.26. The Hall–Kier alpha value is -2.06. The van der Waals surface area contributed by atoms with Gasteiger partial charge in [0, 0.05) is 24.7 Å². The summed E-state index contributed by atoms with van der Waals surface area (Å²) in [5.41, 5.74) is 5.31. The van der Waals surface area contributed by atoms with E-state index in [1.165, 1.54) is 22.6 Å². The normalized spacial score (nSPS) is 19.8. The second-order valence-corrected chi connectivity index (χ2v) is 7.46. The molecule has 1 saturated heterocycles. The van der Waals surface area contributed by atoms with E-state index in [2.05, 4.69) is 4.98 Å². The highest BCUT2D eigenvalue weighted by Crippen LogP contribution is 2.29. The summed E-state index contributed by atoms with van der Waals surface area (Å²) in [5.74, 6) is -1.58. The molecule has 0 spiro atoms. The fraction of sp³-hybridized carbons (Fsp3) is 0.333. The van der Waals surface area contributed by atoms with Crippen LogP contribution >= 0.6 is 0 Å². The third kappa shape index (κ3) is 2.79. The maximum Gasteiger partial charge on any atom is 0.243 e. The first-order valence-electron chi connectivity index (χ1n) is 7.24. The van der Waals surface area contributed by atoms with Crippen LogP contribution < -0.4 is 5.73 Å². The topological polar surface area (TPSA) is 93.4 Å². The molecule has 122 valence electrons. The lowest BCUT2D eigenvalue weighted by Gasteiger charge is -2.30. The summed E-state index contributed by atoms with van der Waals surface area (Å²) in [4.78, 5) is 15.3. The number of fused-ring (bicyclic) bond motifs is 1. The molecule has 0 saturated carbocycles. The number of amides is 1. The quantitative estimate of drug-likeness (QED) is 0.912. The Morgan fingerprint density at radius 1 is 1.35 bits per heavy atom. The van der Waals surface area contributed by atoms with Crippen molar-refractivity contribution in [3.05, 3.63) is 36.3 Å². The number of aromatic nitrogens is 1. The summed E-state index contributed by atoms with van der Waals surface area (Å²) >= 11 is 0. The molecule has 1 aromatic carbocycles. The number of pyridine rings is 1. The van der Waals surface area contributed by atoms with Gasteiger partial charge in [0.25, 0.3) is 0 Å². The summed E-state index contributed by atoms with van der Waals surface area (Å²) in [5, 5.41) is 0.230. The van der Waals surface area contributed by atoms with E-state index in [0.717, 1.165) is 6.07 Å². The number of benzene rings is 1. The fourth-order valence-electron chi connectivity index (χ4n) is 2.87. The van der Waals surface area contributed by atoms with Gasteiger partial charge in [0.05, 0.1) is 10.8 Å². The summed E-state index contributed by atoms with van der Waals surface area (Å²) in [6, 6.07) is 5.41. The Morgan fingerprint density at radius 2 is 2.13 bits per heavy atom. The van der Waals surface area contributed by atoms with Crippen LogP contribution in [-0.4, -0.2) is 36.7 Å². The fourth-order valence-corrected chi connectivity index (χ4v) is 4.58. The number of halogens is 1. The molecule has 2 heterocycles. The second-order valence-electron chi connectivity index (χ2n) is 5.55. The molecule has 6 nitrogen and oxygen atoms in total. The number of piperidine rings is 1. The van der Waals surface area contributed by atoms with E-state index in [1.54, 1.807) is 6.07 Å². The molecule has 0 bridgehead atoms. The first-order valence-corrected chi connectivity index (χ1v) is 8.68. The van der Waals surface area contributed by atoms with Gasteiger partial charge in [-0.2, -0.15) is 4.31 Å². The van der Waals surface area contributed by atoms with Crippen molar-refractivity contribution in [2.75, 3.05) is 13.1 Å². The van der Waals surface area contributed by atoms with Crippen LogP contribution in [0, 0.1) is 11.7 Å². The van der Waals surface area contributed by atoms with Crippen LogP contribution in [0.15, 0.2) is 35.4 Å². The number of carbonyl (C=O) groups is 1. The van der Waals surface area contributed by atoms with Crippen molar-refractivity contribution in [3.63, 3.8) is 0 Å². The zero-order valence-electron chi connectivity index (χ0n) is 12.3. The minimum atomic E-state index is -3.85. The molecule has 1 aliphatic rings. The lowest BCUT2D eigenvalue weighted by Crippen LogP contribution is -2.44. The Kier molecular flexibility index (Phi) is 4.03. The van der Waals surface area contributed by atoms with Crippen molar-refractivity contribution >= 4 is 26.8 Å². The van der Waals surface area contributed by atoms with Gasteiger partial charge in [0.15, 0.2) is 0 Å². The first-order chi connectivity index (χ1) is 10.9. The molecule has 0 aliphatic carbocycles. The minimum Gasteiger partial charge on any atom is -0.369 e. The van der Waals surface area contributed by atoms with Crippen molar-refractivity contribution in [1.82, 2.24) is 9.29 Å². The number of nitrogens with zero attached hydrogens (tertiary/aromatic N) is 2. The standard InChI is InChI=1S/C15H16FN3O3S/c16-12-5-6-13(11-4-1-7-18-14(11)12)23(21,22)19-8-2-3-10(9-19)15(17)20/h1,4-7,10H,2-3,8-9H2,(H2,17,20)/t10-/m1/s1. The molecule has 1 atom stereocenters. The number of nitrogens with two attached hydrogens (primary N) is 1. The van der Waals surface area contributed by atoms with E-state index in [4.69, 9.17) is 5.73 Å². The van der Waals surface area contributed by atoms with Crippen molar-refractivity contribution in [3.8, 4) is 0 Å². The maximum absolute atomic E-state index is 13.8. The first kappa shape index (κ1) is 15.8. The van der Waals surface area contributed by atoms with Crippen LogP contribution in [0.1, 0.15) is 12.8 Å². The van der Waals surface area contributed by atoms with Crippen LogP contribution in [-0.2, 0) is 14.8 Å². The molecular formula is C15H16FN3O3S. The van der Waals surface area contributed by atoms with Gasteiger partial charge in [-0.3, -0.25) is 9.78 Å². The van der Waals surface area contributed by atoms with Gasteiger partial charge in [-0.15, -0.1) is 0 Å². The maximum atomic E-state index is 13.8. The molecule has 0 unspecified atom stereocenters. The van der Waals surface area contributed by atoms with Gasteiger partial charge in [-0.1, -0.05) is 0 Å². The van der Waals surface area contributed by atoms with Gasteiger partial charge >= 0.3 is 0 Å². The highest BCUT2D eigenvalue weighted by Gasteiger charge is 2.33. The highest BCUT2D eigenvalue weighted by molar-refractivity contribution is 7.89. The zero-order valence-corrected chi connectivity index (χ0v) is 13.1. The van der Waals surface area contributed by atoms with Crippen LogP contribution in [0.5, 0.6) is 0 Å². The molecule has 2 aromatic rings. The smallest absolute Gasteiger partial charge is 0.243 e. The molecular weight excluding hydrogens is 321 g/mol. The second kappa shape index (κ2) is 5.86. The van der Waals surface area contributed by atoms with E-state index >= 15 is 0 Å². The Balaban J connectivity index is 2.07. The number of primary amides is 1. The average Bonchev–Trinajstić information content (AvgIpc) is 2.55. The van der Waals surface area contributed by atoms with Crippen LogP contribution in [0.25, 0.3) is 10.9 Å². The lowest BCUT2D eigenvalue weighted by atomic mass is 9.99. The SMILES string of the molecule is NC(=O)[C@@H]1CCCN(S(=O)(=O)c2ccc(F)c3ncccc23)C1. The minimum absolute atomic E-state index is 0.00730. The van der Waals surface area contributed by atoms with Gasteiger partial charge in [-0.25, -0.2) is 12.8 Å². The number of hydrogen-bond acceptors (Lipinski definition) is 4. The molecule has 3 rings (SSSR count). The summed E-state index contributed by atoms with van der Waals surface area (Å²) in [6.07, 6.45) is 2.54. The third-order valence-electron chi connectivity index (χ3n) is 4.08. The number of sulfonamides is 1. The lowest BCUT2D eigenvalue weighted by molar-refractivity contribution is -0.122. The van der Waals surface area contributed by atoms with E-state index < -0.39 is 27.7 Å². The summed E-state index contributed by atoms with van der Waals surface area (Å²) in [7, 11) is -3.85. The molecule has 1 aromatic heterocycles. The van der Waals surface area contributed by atoms with Gasteiger partial charge in [0.2, 0.25) is 15.9 Å². The number of hydrogen-bond donors (Lipinski definition) is 1. The Morgan fingerprint density at radius 3 is 2.87 bits per heavy atom. The Bertz CT molecular complexity index is 869. The summed E-state index contributed by atoms with van der Waals surface area (Å²) < 4.78 is 40.9. The predicted molar refractivity (Wildman–Crippen MR) is 82.4 cm³/mol. The van der Waals surface area contributed by atoms with Crippen LogP contribution in [0.3, 0.4) is 0 Å². The number of carbonyl (C=O) groups excluding carboxylic acids is 1. The molecule has 1 amide bonds. The average molecular weight is 337 g/mol. The highest BCUT2D eigenvalue weighted by atomic mass is 32.2. The van der Waals surface area contributed by atoms with E-state index in [9.17, 15) is 17.6 Å². The van der Waals surface area contributed by atoms with E-state index in [1.807, 2.05) is 0 Å².